The number of nitrogens with one attached hydrogen (secondary N) is 1. The molecule has 2 aromatic rings. The second-order valence-electron chi connectivity index (χ2n) is 5.87. The Bertz CT molecular complexity index is 935. The van der Waals surface area contributed by atoms with Crippen LogP contribution in [0.25, 0.3) is 0 Å². The van der Waals surface area contributed by atoms with E-state index >= 15 is 0 Å². The summed E-state index contributed by atoms with van der Waals surface area (Å²) in [6, 6.07) is 11.8. The third-order valence-corrected chi connectivity index (χ3v) is 4.95. The van der Waals surface area contributed by atoms with Crippen LogP contribution in [0, 0.1) is 0 Å². The number of benzene rings is 2. The number of amides is 2. The highest BCUT2D eigenvalue weighted by atomic mass is 35.5. The predicted molar refractivity (Wildman–Crippen MR) is 110 cm³/mol. The Hall–Kier alpha value is -2.71. The number of hydrogen-bond donors (Lipinski definition) is 2. The fourth-order valence-corrected chi connectivity index (χ4v) is 3.50. The van der Waals surface area contributed by atoms with E-state index in [4.69, 9.17) is 16.3 Å². The summed E-state index contributed by atoms with van der Waals surface area (Å²) in [7, 11) is 0. The molecule has 7 nitrogen and oxygen atoms in total. The second-order valence-corrected chi connectivity index (χ2v) is 7.23. The van der Waals surface area contributed by atoms with Crippen LogP contribution in [0.15, 0.2) is 47.6 Å². The first-order valence-electron chi connectivity index (χ1n) is 8.49. The molecule has 2 aromatic carbocycles. The lowest BCUT2D eigenvalue weighted by molar-refractivity contribution is 0.168. The van der Waals surface area contributed by atoms with E-state index in [-0.39, 0.29) is 24.1 Å². The van der Waals surface area contributed by atoms with E-state index in [0.717, 1.165) is 17.3 Å². The molecule has 0 spiro atoms. The first-order valence-corrected chi connectivity index (χ1v) is 9.86. The van der Waals surface area contributed by atoms with E-state index in [9.17, 15) is 14.7 Å². The maximum atomic E-state index is 12.3. The molecule has 0 unspecified atom stereocenters. The Morgan fingerprint density at radius 2 is 2.18 bits per heavy atom. The van der Waals surface area contributed by atoms with Crippen LogP contribution in [0.4, 0.5) is 15.3 Å². The number of hydrazone groups is 1. The van der Waals surface area contributed by atoms with Crippen LogP contribution < -0.4 is 5.32 Å². The van der Waals surface area contributed by atoms with E-state index in [1.165, 1.54) is 11.1 Å². The molecule has 0 saturated carbocycles. The fraction of sp³-hybridized carbons (Fsp3) is 0.211. The number of phenols is 1. The molecule has 2 N–H and O–H groups in total. The summed E-state index contributed by atoms with van der Waals surface area (Å²) >= 11 is 7.11. The number of hydrogen-bond acceptors (Lipinski definition) is 6. The molecule has 0 bridgehead atoms. The topological polar surface area (TPSA) is 91.2 Å². The van der Waals surface area contributed by atoms with Gasteiger partial charge in [0.1, 0.15) is 5.75 Å². The maximum absolute atomic E-state index is 12.3. The van der Waals surface area contributed by atoms with Crippen molar-refractivity contribution in [3.8, 4) is 5.75 Å². The number of anilines is 1. The summed E-state index contributed by atoms with van der Waals surface area (Å²) in [4.78, 5) is 23.8. The van der Waals surface area contributed by atoms with Crippen LogP contribution in [-0.2, 0) is 11.3 Å². The standard InChI is InChI=1S/C19H18ClN3O4S/c1-2-27-18(25)21-14-5-3-4-12(8-14)10-23-19(26)28-11-16(22-23)15-9-13(20)6-7-17(15)24/h3-9,24H,2,10-11H2,1H3,(H,21,25). The number of carbonyl (C=O) groups is 2. The number of ether oxygens (including phenoxy) is 1. The van der Waals surface area contributed by atoms with Crippen molar-refractivity contribution in [1.82, 2.24) is 5.01 Å². The van der Waals surface area contributed by atoms with Gasteiger partial charge in [0.05, 0.1) is 18.9 Å². The highest BCUT2D eigenvalue weighted by molar-refractivity contribution is 8.14. The Morgan fingerprint density at radius 3 is 2.96 bits per heavy atom. The summed E-state index contributed by atoms with van der Waals surface area (Å²) in [6.45, 7) is 2.22. The Morgan fingerprint density at radius 1 is 1.36 bits per heavy atom. The molecule has 9 heteroatoms. The zero-order valence-corrected chi connectivity index (χ0v) is 16.6. The first-order chi connectivity index (χ1) is 13.5. The van der Waals surface area contributed by atoms with Crippen molar-refractivity contribution in [3.63, 3.8) is 0 Å². The van der Waals surface area contributed by atoms with Gasteiger partial charge in [-0.15, -0.1) is 0 Å². The van der Waals surface area contributed by atoms with Crippen LogP contribution in [0.2, 0.25) is 5.02 Å². The molecule has 28 heavy (non-hydrogen) atoms. The molecule has 0 fully saturated rings. The normalized spacial score (nSPS) is 13.9. The molecule has 0 saturated heterocycles. The molecule has 0 aromatic heterocycles. The van der Waals surface area contributed by atoms with Gasteiger partial charge in [0, 0.05) is 22.0 Å². The highest BCUT2D eigenvalue weighted by Crippen LogP contribution is 2.28. The van der Waals surface area contributed by atoms with Gasteiger partial charge in [-0.1, -0.05) is 35.5 Å². The molecule has 1 aliphatic heterocycles. The second kappa shape index (κ2) is 8.99. The van der Waals surface area contributed by atoms with E-state index < -0.39 is 6.09 Å². The van der Waals surface area contributed by atoms with Crippen LogP contribution in [0.1, 0.15) is 18.1 Å². The van der Waals surface area contributed by atoms with Gasteiger partial charge in [0.25, 0.3) is 0 Å². The Kier molecular flexibility index (Phi) is 6.43. The average Bonchev–Trinajstić information content (AvgIpc) is 2.66. The molecule has 0 aliphatic carbocycles. The van der Waals surface area contributed by atoms with Gasteiger partial charge in [0.2, 0.25) is 0 Å². The van der Waals surface area contributed by atoms with Crippen molar-refractivity contribution in [1.29, 1.82) is 0 Å². The third kappa shape index (κ3) is 4.96. The number of rotatable bonds is 5. The summed E-state index contributed by atoms with van der Waals surface area (Å²) in [5.74, 6) is 0.395. The predicted octanol–water partition coefficient (Wildman–Crippen LogP) is 4.69. The van der Waals surface area contributed by atoms with Crippen molar-refractivity contribution in [3.05, 3.63) is 58.6 Å². The van der Waals surface area contributed by atoms with E-state index in [1.807, 2.05) is 6.07 Å². The van der Waals surface area contributed by atoms with Crippen molar-refractivity contribution in [2.24, 2.45) is 5.10 Å². The minimum Gasteiger partial charge on any atom is -0.507 e. The Labute approximate surface area is 171 Å². The number of thioether (sulfide) groups is 1. The van der Waals surface area contributed by atoms with Gasteiger partial charge in [-0.25, -0.2) is 9.80 Å². The van der Waals surface area contributed by atoms with Gasteiger partial charge < -0.3 is 9.84 Å². The molecule has 2 amide bonds. The molecular formula is C19H18ClN3O4S. The molecule has 0 atom stereocenters. The van der Waals surface area contributed by atoms with Gasteiger partial charge in [-0.05, 0) is 42.8 Å². The van der Waals surface area contributed by atoms with Crippen molar-refractivity contribution >= 4 is 46.1 Å². The number of nitrogens with zero attached hydrogens (tertiary/aromatic N) is 2. The molecule has 1 heterocycles. The monoisotopic (exact) mass is 419 g/mol. The minimum absolute atomic E-state index is 0.0543. The molecular weight excluding hydrogens is 402 g/mol. The van der Waals surface area contributed by atoms with Crippen LogP contribution in [0.3, 0.4) is 0 Å². The number of carbonyl (C=O) groups excluding carboxylic acids is 2. The zero-order chi connectivity index (χ0) is 20.1. The first kappa shape index (κ1) is 20.0. The average molecular weight is 420 g/mol. The quantitative estimate of drug-likeness (QED) is 0.733. The lowest BCUT2D eigenvalue weighted by Gasteiger charge is -2.23. The highest BCUT2D eigenvalue weighted by Gasteiger charge is 2.24. The van der Waals surface area contributed by atoms with Gasteiger partial charge >= 0.3 is 11.3 Å². The summed E-state index contributed by atoms with van der Waals surface area (Å²) in [5.41, 5.74) is 2.40. The number of aromatic hydroxyl groups is 1. The SMILES string of the molecule is CCOC(=O)Nc1cccc(CN2N=C(c3cc(Cl)ccc3O)CSC2=O)c1. The smallest absolute Gasteiger partial charge is 0.411 e. The lowest BCUT2D eigenvalue weighted by Crippen LogP contribution is -2.29. The van der Waals surface area contributed by atoms with E-state index in [1.54, 1.807) is 37.3 Å². The Balaban J connectivity index is 1.80. The summed E-state index contributed by atoms with van der Waals surface area (Å²) < 4.78 is 4.86. The molecule has 146 valence electrons. The maximum Gasteiger partial charge on any atom is 0.411 e. The summed E-state index contributed by atoms with van der Waals surface area (Å²) in [6.07, 6.45) is -0.541. The lowest BCUT2D eigenvalue weighted by atomic mass is 10.1. The van der Waals surface area contributed by atoms with Crippen molar-refractivity contribution in [2.45, 2.75) is 13.5 Å². The molecule has 3 rings (SSSR count). The van der Waals surface area contributed by atoms with Crippen molar-refractivity contribution in [2.75, 3.05) is 17.7 Å². The largest absolute Gasteiger partial charge is 0.507 e. The molecule has 1 aliphatic rings. The van der Waals surface area contributed by atoms with Crippen LogP contribution >= 0.6 is 23.4 Å². The van der Waals surface area contributed by atoms with Gasteiger partial charge in [-0.2, -0.15) is 5.10 Å². The van der Waals surface area contributed by atoms with E-state index in [0.29, 0.717) is 27.7 Å². The molecule has 0 radical (unpaired) electrons. The van der Waals surface area contributed by atoms with E-state index in [2.05, 4.69) is 10.4 Å². The summed E-state index contributed by atoms with van der Waals surface area (Å²) in [5, 5.41) is 18.7. The van der Waals surface area contributed by atoms with Gasteiger partial charge in [-0.3, -0.25) is 10.1 Å². The zero-order valence-electron chi connectivity index (χ0n) is 15.0. The third-order valence-electron chi connectivity index (χ3n) is 3.84. The van der Waals surface area contributed by atoms with Gasteiger partial charge in [0.15, 0.2) is 0 Å². The number of phenolic OH excluding ortho intramolecular Hbond substituents is 1. The van der Waals surface area contributed by atoms with Crippen molar-refractivity contribution < 1.29 is 19.4 Å². The van der Waals surface area contributed by atoms with Crippen LogP contribution in [0.5, 0.6) is 5.75 Å². The van der Waals surface area contributed by atoms with Crippen LogP contribution in [-0.4, -0.2) is 39.5 Å². The number of halogens is 1. The fourth-order valence-electron chi connectivity index (χ4n) is 2.60. The minimum atomic E-state index is -0.541.